The first-order chi connectivity index (χ1) is 12.1. The molecular weight excluding hydrogens is 323 g/mol. The van der Waals surface area contributed by atoms with E-state index in [1.54, 1.807) is 12.1 Å². The Morgan fingerprint density at radius 2 is 2.08 bits per heavy atom. The summed E-state index contributed by atoms with van der Waals surface area (Å²) < 4.78 is 14.1. The van der Waals surface area contributed by atoms with Gasteiger partial charge in [0, 0.05) is 19.0 Å². The second-order valence-corrected chi connectivity index (χ2v) is 6.96. The van der Waals surface area contributed by atoms with Crippen molar-refractivity contribution in [1.82, 2.24) is 15.5 Å². The number of carbonyl (C=O) groups excluding carboxylic acids is 2. The van der Waals surface area contributed by atoms with Crippen molar-refractivity contribution in [3.8, 4) is 0 Å². The summed E-state index contributed by atoms with van der Waals surface area (Å²) in [5.41, 5.74) is 0.540. The molecule has 0 bridgehead atoms. The van der Waals surface area contributed by atoms with Gasteiger partial charge in [0.15, 0.2) is 5.82 Å². The molecule has 2 heterocycles. The molecule has 6 nitrogen and oxygen atoms in total. The number of H-pyrrole nitrogens is 1. The van der Waals surface area contributed by atoms with Gasteiger partial charge in [-0.25, -0.2) is 4.39 Å². The Bertz CT molecular complexity index is 813. The standard InChI is InChI=1S/C18H21FN4O2/c19-13-7-4-8-14-16(13)17(22-21-14)23-10-11(9-15(23)24)18(25)20-12-5-2-1-3-6-12/h4,7-8,11-12H,1-3,5-6,9-10H2,(H,20,25)(H,21,22)/t11-/m0/s1. The molecule has 2 aliphatic rings. The molecule has 2 N–H and O–H groups in total. The van der Waals surface area contributed by atoms with Crippen LogP contribution in [0.5, 0.6) is 0 Å². The first kappa shape index (κ1) is 16.1. The van der Waals surface area contributed by atoms with Gasteiger partial charge in [0.25, 0.3) is 0 Å². The predicted octanol–water partition coefficient (Wildman–Crippen LogP) is 2.50. The van der Waals surface area contributed by atoms with Gasteiger partial charge in [0.1, 0.15) is 5.82 Å². The summed E-state index contributed by atoms with van der Waals surface area (Å²) in [6.45, 7) is 0.242. The van der Waals surface area contributed by atoms with Crippen LogP contribution in [0.3, 0.4) is 0 Å². The first-order valence-corrected chi connectivity index (χ1v) is 8.87. The summed E-state index contributed by atoms with van der Waals surface area (Å²) >= 11 is 0. The van der Waals surface area contributed by atoms with Crippen LogP contribution in [-0.4, -0.2) is 34.6 Å². The highest BCUT2D eigenvalue weighted by atomic mass is 19.1. The van der Waals surface area contributed by atoms with Crippen molar-refractivity contribution in [3.63, 3.8) is 0 Å². The Labute approximate surface area is 144 Å². The SMILES string of the molecule is O=C(NC1CCCCC1)[C@H]1CC(=O)N(c2n[nH]c3cccc(F)c23)C1. The summed E-state index contributed by atoms with van der Waals surface area (Å²) in [5, 5.41) is 10.2. The lowest BCUT2D eigenvalue weighted by molar-refractivity contribution is -0.127. The third-order valence-electron chi connectivity index (χ3n) is 5.22. The van der Waals surface area contributed by atoms with Crippen molar-refractivity contribution in [1.29, 1.82) is 0 Å². The van der Waals surface area contributed by atoms with Gasteiger partial charge in [-0.05, 0) is 25.0 Å². The summed E-state index contributed by atoms with van der Waals surface area (Å²) in [6.07, 6.45) is 5.65. The van der Waals surface area contributed by atoms with Crippen LogP contribution >= 0.6 is 0 Å². The maximum Gasteiger partial charge on any atom is 0.229 e. The third-order valence-corrected chi connectivity index (χ3v) is 5.22. The summed E-state index contributed by atoms with van der Waals surface area (Å²) in [6, 6.07) is 4.86. The second-order valence-electron chi connectivity index (χ2n) is 6.96. The van der Waals surface area contributed by atoms with Crippen LogP contribution in [0.1, 0.15) is 38.5 Å². The topological polar surface area (TPSA) is 78.1 Å². The minimum absolute atomic E-state index is 0.0805. The Hall–Kier alpha value is -2.44. The number of nitrogens with zero attached hydrogens (tertiary/aromatic N) is 2. The highest BCUT2D eigenvalue weighted by Gasteiger charge is 2.37. The number of rotatable bonds is 3. The van der Waals surface area contributed by atoms with E-state index in [1.807, 2.05) is 0 Å². The smallest absolute Gasteiger partial charge is 0.229 e. The molecule has 0 unspecified atom stereocenters. The van der Waals surface area contributed by atoms with Gasteiger partial charge in [-0.15, -0.1) is 0 Å². The molecule has 7 heteroatoms. The van der Waals surface area contributed by atoms with E-state index in [0.29, 0.717) is 10.9 Å². The second kappa shape index (κ2) is 6.46. The number of anilines is 1. The molecule has 4 rings (SSSR count). The van der Waals surface area contributed by atoms with E-state index in [4.69, 9.17) is 0 Å². The molecular formula is C18H21FN4O2. The third kappa shape index (κ3) is 2.99. The van der Waals surface area contributed by atoms with Gasteiger partial charge < -0.3 is 5.32 Å². The number of hydrogen-bond donors (Lipinski definition) is 2. The minimum Gasteiger partial charge on any atom is -0.353 e. The summed E-state index contributed by atoms with van der Waals surface area (Å²) in [7, 11) is 0. The normalized spacial score (nSPS) is 21.9. The number of aromatic nitrogens is 2. The van der Waals surface area contributed by atoms with Crippen molar-refractivity contribution < 1.29 is 14.0 Å². The number of carbonyl (C=O) groups is 2. The van der Waals surface area contributed by atoms with Crippen LogP contribution in [0.15, 0.2) is 18.2 Å². The lowest BCUT2D eigenvalue weighted by atomic mass is 9.95. The molecule has 2 amide bonds. The fraction of sp³-hybridized carbons (Fsp3) is 0.500. The average Bonchev–Trinajstić information content (AvgIpc) is 3.20. The number of aromatic amines is 1. The molecule has 1 saturated heterocycles. The van der Waals surface area contributed by atoms with Crippen molar-refractivity contribution in [2.24, 2.45) is 5.92 Å². The van der Waals surface area contributed by atoms with Gasteiger partial charge in [-0.3, -0.25) is 19.6 Å². The number of halogens is 1. The Morgan fingerprint density at radius 1 is 1.28 bits per heavy atom. The molecule has 2 fully saturated rings. The lowest BCUT2D eigenvalue weighted by Crippen LogP contribution is -2.40. The maximum absolute atomic E-state index is 14.1. The van der Waals surface area contributed by atoms with Crippen LogP contribution in [0.25, 0.3) is 10.9 Å². The zero-order valence-electron chi connectivity index (χ0n) is 13.9. The van der Waals surface area contributed by atoms with Gasteiger partial charge in [0.2, 0.25) is 11.8 Å². The Kier molecular flexibility index (Phi) is 4.15. The van der Waals surface area contributed by atoms with Crippen molar-refractivity contribution >= 4 is 28.5 Å². The molecule has 132 valence electrons. The average molecular weight is 344 g/mol. The van der Waals surface area contributed by atoms with Gasteiger partial charge >= 0.3 is 0 Å². The quantitative estimate of drug-likeness (QED) is 0.898. The van der Waals surface area contributed by atoms with Crippen molar-refractivity contribution in [2.45, 2.75) is 44.6 Å². The molecule has 1 aliphatic carbocycles. The number of benzene rings is 1. The van der Waals surface area contributed by atoms with Crippen molar-refractivity contribution in [3.05, 3.63) is 24.0 Å². The molecule has 0 radical (unpaired) electrons. The van der Waals surface area contributed by atoms with E-state index >= 15 is 0 Å². The van der Waals surface area contributed by atoms with E-state index in [0.717, 1.165) is 25.7 Å². The molecule has 1 atom stereocenters. The van der Waals surface area contributed by atoms with E-state index in [9.17, 15) is 14.0 Å². The highest BCUT2D eigenvalue weighted by Crippen LogP contribution is 2.31. The largest absolute Gasteiger partial charge is 0.353 e. The summed E-state index contributed by atoms with van der Waals surface area (Å²) in [4.78, 5) is 26.3. The maximum atomic E-state index is 14.1. The molecule has 0 spiro atoms. The van der Waals surface area contributed by atoms with Gasteiger partial charge in [-0.1, -0.05) is 25.3 Å². The van der Waals surface area contributed by atoms with E-state index in [1.165, 1.54) is 17.4 Å². The van der Waals surface area contributed by atoms with Gasteiger partial charge in [-0.2, -0.15) is 5.10 Å². The zero-order valence-corrected chi connectivity index (χ0v) is 13.9. The van der Waals surface area contributed by atoms with Crippen LogP contribution in [-0.2, 0) is 9.59 Å². The van der Waals surface area contributed by atoms with Crippen molar-refractivity contribution in [2.75, 3.05) is 11.4 Å². The highest BCUT2D eigenvalue weighted by molar-refractivity contribution is 6.05. The van der Waals surface area contributed by atoms with E-state index < -0.39 is 11.7 Å². The number of fused-ring (bicyclic) bond motifs is 1. The fourth-order valence-corrected chi connectivity index (χ4v) is 3.86. The Morgan fingerprint density at radius 3 is 2.88 bits per heavy atom. The minimum atomic E-state index is -0.427. The molecule has 25 heavy (non-hydrogen) atoms. The number of amides is 2. The molecule has 1 aromatic heterocycles. The zero-order chi connectivity index (χ0) is 17.4. The van der Waals surface area contributed by atoms with Crippen LogP contribution < -0.4 is 10.2 Å². The molecule has 2 aromatic rings. The van der Waals surface area contributed by atoms with Crippen LogP contribution in [0, 0.1) is 11.7 Å². The summed E-state index contributed by atoms with van der Waals surface area (Å²) in [5.74, 6) is -0.841. The van der Waals surface area contributed by atoms with Gasteiger partial charge in [0.05, 0.1) is 16.8 Å². The van der Waals surface area contributed by atoms with E-state index in [2.05, 4.69) is 15.5 Å². The lowest BCUT2D eigenvalue weighted by Gasteiger charge is -2.24. The molecule has 1 aliphatic heterocycles. The fourth-order valence-electron chi connectivity index (χ4n) is 3.86. The monoisotopic (exact) mass is 344 g/mol. The van der Waals surface area contributed by atoms with E-state index in [-0.39, 0.29) is 36.6 Å². The molecule has 1 saturated carbocycles. The Balaban J connectivity index is 1.51. The predicted molar refractivity (Wildman–Crippen MR) is 91.5 cm³/mol. The van der Waals surface area contributed by atoms with Crippen LogP contribution in [0.4, 0.5) is 10.2 Å². The number of hydrogen-bond acceptors (Lipinski definition) is 3. The van der Waals surface area contributed by atoms with Crippen LogP contribution in [0.2, 0.25) is 0 Å². The number of nitrogens with one attached hydrogen (secondary N) is 2. The molecule has 1 aromatic carbocycles. The first-order valence-electron chi connectivity index (χ1n) is 8.87.